The number of rotatable bonds is 2. The molecular weight excluding hydrogens is 212 g/mol. The number of aryl methyl sites for hydroxylation is 2. The van der Waals surface area contributed by atoms with Gasteiger partial charge in [0.15, 0.2) is 5.78 Å². The van der Waals surface area contributed by atoms with Crippen LogP contribution in [0.2, 0.25) is 0 Å². The van der Waals surface area contributed by atoms with Crippen molar-refractivity contribution in [2.45, 2.75) is 51.6 Å². The predicted molar refractivity (Wildman–Crippen MR) is 68.3 cm³/mol. The van der Waals surface area contributed by atoms with Gasteiger partial charge in [-0.15, -0.1) is 0 Å². The zero-order chi connectivity index (χ0) is 12.5. The maximum Gasteiger partial charge on any atom is 0.194 e. The second kappa shape index (κ2) is 4.61. The molecule has 1 aliphatic rings. The standard InChI is InChI=1S/C15H20O2/c1-11-8-12(2)10-13(9-11)14(16)15(17)6-4-3-5-7-15/h8-10,17H,3-7H2,1-2H3. The van der Waals surface area contributed by atoms with Crippen LogP contribution in [0.4, 0.5) is 0 Å². The van der Waals surface area contributed by atoms with E-state index in [9.17, 15) is 9.90 Å². The van der Waals surface area contributed by atoms with Crippen molar-refractivity contribution in [3.05, 3.63) is 34.9 Å². The summed E-state index contributed by atoms with van der Waals surface area (Å²) >= 11 is 0. The van der Waals surface area contributed by atoms with Gasteiger partial charge in [-0.2, -0.15) is 0 Å². The molecule has 0 heterocycles. The molecule has 0 amide bonds. The molecule has 1 N–H and O–H groups in total. The van der Waals surface area contributed by atoms with Gasteiger partial charge < -0.3 is 5.11 Å². The minimum absolute atomic E-state index is 0.0935. The Morgan fingerprint density at radius 2 is 1.59 bits per heavy atom. The number of carbonyl (C=O) groups excluding carboxylic acids is 1. The number of hydrogen-bond donors (Lipinski definition) is 1. The van der Waals surface area contributed by atoms with E-state index in [1.54, 1.807) is 0 Å². The first-order valence-corrected chi connectivity index (χ1v) is 6.37. The van der Waals surface area contributed by atoms with Gasteiger partial charge in [0.05, 0.1) is 0 Å². The molecule has 0 radical (unpaired) electrons. The zero-order valence-electron chi connectivity index (χ0n) is 10.6. The van der Waals surface area contributed by atoms with E-state index >= 15 is 0 Å². The molecule has 1 saturated carbocycles. The largest absolute Gasteiger partial charge is 0.382 e. The Bertz CT molecular complexity index is 408. The van der Waals surface area contributed by atoms with Crippen LogP contribution < -0.4 is 0 Å². The minimum atomic E-state index is -1.11. The zero-order valence-corrected chi connectivity index (χ0v) is 10.6. The third-order valence-electron chi connectivity index (χ3n) is 3.59. The average Bonchev–Trinajstić information content (AvgIpc) is 2.27. The topological polar surface area (TPSA) is 37.3 Å². The summed E-state index contributed by atoms with van der Waals surface area (Å²) < 4.78 is 0. The van der Waals surface area contributed by atoms with Gasteiger partial charge in [0.25, 0.3) is 0 Å². The highest BCUT2D eigenvalue weighted by Crippen LogP contribution is 2.31. The SMILES string of the molecule is Cc1cc(C)cc(C(=O)C2(O)CCCCC2)c1. The fourth-order valence-corrected chi connectivity index (χ4v) is 2.74. The quantitative estimate of drug-likeness (QED) is 0.795. The maximum atomic E-state index is 12.4. The summed E-state index contributed by atoms with van der Waals surface area (Å²) in [6.45, 7) is 3.96. The third-order valence-corrected chi connectivity index (χ3v) is 3.59. The molecular formula is C15H20O2. The summed E-state index contributed by atoms with van der Waals surface area (Å²) in [5, 5.41) is 10.4. The summed E-state index contributed by atoms with van der Waals surface area (Å²) in [6.07, 6.45) is 4.25. The number of Topliss-reactive ketones (excluding diaryl/α,β-unsaturated/α-hetero) is 1. The first kappa shape index (κ1) is 12.3. The van der Waals surface area contributed by atoms with Crippen LogP contribution in [0.25, 0.3) is 0 Å². The van der Waals surface area contributed by atoms with Gasteiger partial charge in [0.1, 0.15) is 5.60 Å². The lowest BCUT2D eigenvalue weighted by atomic mass is 9.79. The minimum Gasteiger partial charge on any atom is -0.382 e. The van der Waals surface area contributed by atoms with Crippen molar-refractivity contribution in [2.75, 3.05) is 0 Å². The molecule has 1 aliphatic carbocycles. The normalized spacial score (nSPS) is 19.0. The molecule has 0 saturated heterocycles. The lowest BCUT2D eigenvalue weighted by Crippen LogP contribution is -2.40. The van der Waals surface area contributed by atoms with Crippen molar-refractivity contribution < 1.29 is 9.90 Å². The lowest BCUT2D eigenvalue weighted by molar-refractivity contribution is 0.0116. The second-order valence-electron chi connectivity index (χ2n) is 5.30. The average molecular weight is 232 g/mol. The Labute approximate surface area is 103 Å². The number of carbonyl (C=O) groups is 1. The Morgan fingerprint density at radius 3 is 2.12 bits per heavy atom. The Kier molecular flexibility index (Phi) is 3.34. The molecule has 92 valence electrons. The van der Waals surface area contributed by atoms with E-state index in [0.717, 1.165) is 30.4 Å². The maximum absolute atomic E-state index is 12.4. The molecule has 2 rings (SSSR count). The van der Waals surface area contributed by atoms with Crippen LogP contribution in [0, 0.1) is 13.8 Å². The van der Waals surface area contributed by atoms with E-state index in [1.807, 2.05) is 32.0 Å². The summed E-state index contributed by atoms with van der Waals surface area (Å²) in [5.74, 6) is -0.0935. The summed E-state index contributed by atoms with van der Waals surface area (Å²) in [5.41, 5.74) is 1.70. The smallest absolute Gasteiger partial charge is 0.194 e. The van der Waals surface area contributed by atoms with Gasteiger partial charge in [0.2, 0.25) is 0 Å². The van der Waals surface area contributed by atoms with Gasteiger partial charge in [-0.1, -0.05) is 36.5 Å². The van der Waals surface area contributed by atoms with Crippen LogP contribution in [0.5, 0.6) is 0 Å². The highest BCUT2D eigenvalue weighted by atomic mass is 16.3. The molecule has 0 aromatic heterocycles. The number of ketones is 1. The van der Waals surface area contributed by atoms with E-state index < -0.39 is 5.60 Å². The van der Waals surface area contributed by atoms with Gasteiger partial charge in [-0.3, -0.25) is 4.79 Å². The molecule has 1 fully saturated rings. The summed E-state index contributed by atoms with van der Waals surface area (Å²) in [6, 6.07) is 5.80. The molecule has 2 nitrogen and oxygen atoms in total. The van der Waals surface area contributed by atoms with Crippen molar-refractivity contribution in [2.24, 2.45) is 0 Å². The van der Waals surface area contributed by atoms with Crippen LogP contribution in [0.1, 0.15) is 53.6 Å². The highest BCUT2D eigenvalue weighted by Gasteiger charge is 2.37. The van der Waals surface area contributed by atoms with Crippen molar-refractivity contribution >= 4 is 5.78 Å². The molecule has 0 atom stereocenters. The fourth-order valence-electron chi connectivity index (χ4n) is 2.74. The molecule has 2 heteroatoms. The van der Waals surface area contributed by atoms with E-state index in [0.29, 0.717) is 18.4 Å². The van der Waals surface area contributed by atoms with Crippen molar-refractivity contribution in [1.29, 1.82) is 0 Å². The van der Waals surface area contributed by atoms with E-state index in [2.05, 4.69) is 0 Å². The van der Waals surface area contributed by atoms with Gasteiger partial charge >= 0.3 is 0 Å². The van der Waals surface area contributed by atoms with Crippen LogP contribution in [-0.2, 0) is 0 Å². The van der Waals surface area contributed by atoms with Crippen molar-refractivity contribution in [1.82, 2.24) is 0 Å². The van der Waals surface area contributed by atoms with Crippen molar-refractivity contribution in [3.8, 4) is 0 Å². The van der Waals surface area contributed by atoms with Crippen molar-refractivity contribution in [3.63, 3.8) is 0 Å². The Hall–Kier alpha value is -1.15. The molecule has 0 spiro atoms. The molecule has 0 bridgehead atoms. The lowest BCUT2D eigenvalue weighted by Gasteiger charge is -2.30. The predicted octanol–water partition coefficient (Wildman–Crippen LogP) is 3.18. The first-order valence-electron chi connectivity index (χ1n) is 6.37. The monoisotopic (exact) mass is 232 g/mol. The van der Waals surface area contributed by atoms with Crippen LogP contribution in [-0.4, -0.2) is 16.5 Å². The second-order valence-corrected chi connectivity index (χ2v) is 5.30. The van der Waals surface area contributed by atoms with Gasteiger partial charge in [0, 0.05) is 5.56 Å². The number of hydrogen-bond acceptors (Lipinski definition) is 2. The highest BCUT2D eigenvalue weighted by molar-refractivity contribution is 6.02. The fraction of sp³-hybridized carbons (Fsp3) is 0.533. The molecule has 17 heavy (non-hydrogen) atoms. The first-order chi connectivity index (χ1) is 8.01. The molecule has 0 unspecified atom stereocenters. The summed E-state index contributed by atoms with van der Waals surface area (Å²) in [7, 11) is 0. The van der Waals surface area contributed by atoms with Crippen LogP contribution in [0.3, 0.4) is 0 Å². The van der Waals surface area contributed by atoms with Crippen LogP contribution in [0.15, 0.2) is 18.2 Å². The van der Waals surface area contributed by atoms with Gasteiger partial charge in [-0.25, -0.2) is 0 Å². The number of benzene rings is 1. The van der Waals surface area contributed by atoms with E-state index in [-0.39, 0.29) is 5.78 Å². The molecule has 0 aliphatic heterocycles. The Morgan fingerprint density at radius 1 is 1.06 bits per heavy atom. The Balaban J connectivity index is 2.29. The third kappa shape index (κ3) is 2.58. The van der Waals surface area contributed by atoms with E-state index in [1.165, 1.54) is 0 Å². The molecule has 1 aromatic carbocycles. The van der Waals surface area contributed by atoms with E-state index in [4.69, 9.17) is 0 Å². The molecule has 1 aromatic rings. The number of aliphatic hydroxyl groups is 1. The van der Waals surface area contributed by atoms with Gasteiger partial charge in [-0.05, 0) is 38.8 Å². The summed E-state index contributed by atoms with van der Waals surface area (Å²) in [4.78, 5) is 12.4. The van der Waals surface area contributed by atoms with Crippen LogP contribution >= 0.6 is 0 Å².